The third-order valence-corrected chi connectivity index (χ3v) is 20.2. The summed E-state index contributed by atoms with van der Waals surface area (Å²) in [5.74, 6) is 4.17. The molecule has 1 unspecified atom stereocenters. The zero-order valence-corrected chi connectivity index (χ0v) is 73.3. The van der Waals surface area contributed by atoms with Crippen LogP contribution in [0.25, 0.3) is 17.0 Å². The van der Waals surface area contributed by atoms with E-state index in [0.717, 1.165) is 123 Å². The molecule has 24 heteroatoms. The van der Waals surface area contributed by atoms with E-state index in [1.54, 1.807) is 110 Å². The van der Waals surface area contributed by atoms with Crippen LogP contribution in [0, 0.1) is 0 Å². The molecule has 1 aliphatic carbocycles. The van der Waals surface area contributed by atoms with Crippen molar-refractivity contribution in [3.8, 4) is 40.2 Å². The van der Waals surface area contributed by atoms with E-state index >= 15 is 0 Å². The number of furan rings is 1. The highest BCUT2D eigenvalue weighted by Gasteiger charge is 2.25. The number of hydrogen-bond donors (Lipinski definition) is 6. The van der Waals surface area contributed by atoms with Crippen molar-refractivity contribution in [1.82, 2.24) is 21.3 Å². The van der Waals surface area contributed by atoms with Gasteiger partial charge >= 0.3 is 0 Å². The van der Waals surface area contributed by atoms with Gasteiger partial charge in [-0.15, -0.1) is 0 Å². The predicted octanol–water partition coefficient (Wildman–Crippen LogP) is 23.4. The minimum absolute atomic E-state index is 0.00921. The van der Waals surface area contributed by atoms with E-state index in [4.69, 9.17) is 84.0 Å². The monoisotopic (exact) mass is 1710 g/mol. The number of methoxy groups -OCH3 is 2. The third-order valence-electron chi connectivity index (χ3n) is 19.0. The number of anilines is 2. The molecule has 2 heterocycles. The fraction of sp³-hybridized carbons (Fsp3) is 0.333. The Kier molecular flexibility index (Phi) is 41.6. The molecule has 6 amide bonds. The molecule has 2 aliphatic rings. The molecular weight excluding hydrogens is 1600 g/mol. The van der Waals surface area contributed by atoms with Crippen molar-refractivity contribution >= 4 is 110 Å². The summed E-state index contributed by atoms with van der Waals surface area (Å²) in [6.07, 6.45) is 17.0. The number of hydrogen-bond acceptors (Lipinski definition) is 14. The molecule has 1 aromatic heterocycles. The highest BCUT2D eigenvalue weighted by molar-refractivity contribution is 6.38. The molecule has 1 aliphatic heterocycles. The lowest BCUT2D eigenvalue weighted by molar-refractivity contribution is -0.117. The van der Waals surface area contributed by atoms with Crippen LogP contribution in [0.3, 0.4) is 0 Å². The Balaban J connectivity index is 0.000000199. The fourth-order valence-corrected chi connectivity index (χ4v) is 13.7. The summed E-state index contributed by atoms with van der Waals surface area (Å²) in [5.41, 5.74) is 7.44. The molecule has 9 aromatic carbocycles. The van der Waals surface area contributed by atoms with Gasteiger partial charge in [-0.3, -0.25) is 28.8 Å². The van der Waals surface area contributed by atoms with Crippen molar-refractivity contribution in [2.24, 2.45) is 0 Å². The second-order valence-electron chi connectivity index (χ2n) is 27.8. The second-order valence-corrected chi connectivity index (χ2v) is 29.5. The number of benzene rings is 9. The number of carbonyl (C=O) groups excluding carboxylic acids is 6. The number of para-hydroxylation sites is 1. The topological polar surface area (TPSA) is 252 Å². The number of ether oxygens (including phenoxy) is 7. The van der Waals surface area contributed by atoms with Crippen molar-refractivity contribution in [3.05, 3.63) is 271 Å². The van der Waals surface area contributed by atoms with Gasteiger partial charge in [-0.25, -0.2) is 0 Å². The zero-order chi connectivity index (χ0) is 86.7. The van der Waals surface area contributed by atoms with Crippen LogP contribution in [0.4, 0.5) is 11.4 Å². The first-order valence-corrected chi connectivity index (χ1v) is 42.4. The molecule has 0 saturated heterocycles. The summed E-state index contributed by atoms with van der Waals surface area (Å²) in [4.78, 5) is 73.0. The van der Waals surface area contributed by atoms with Gasteiger partial charge in [-0.05, 0) is 247 Å². The highest BCUT2D eigenvalue weighted by atomic mass is 35.5. The molecule has 120 heavy (non-hydrogen) atoms. The number of nitrogens with one attached hydrogen (secondary N) is 6. The summed E-state index contributed by atoms with van der Waals surface area (Å²) in [6, 6.07) is 60.9. The lowest BCUT2D eigenvalue weighted by Crippen LogP contribution is -2.34. The molecule has 20 nitrogen and oxygen atoms in total. The molecule has 6 N–H and O–H groups in total. The van der Waals surface area contributed by atoms with E-state index in [9.17, 15) is 28.8 Å². The molecule has 1 atom stereocenters. The van der Waals surface area contributed by atoms with Crippen LogP contribution >= 0.6 is 46.4 Å². The molecule has 0 bridgehead atoms. The Morgan fingerprint density at radius 1 is 0.475 bits per heavy atom. The molecule has 12 rings (SSSR count). The predicted molar refractivity (Wildman–Crippen MR) is 483 cm³/mol. The standard InChI is InChI=1S/C18H17NO3.C17H25NO2.C16H15Cl2NO3.C16H25NO2.C15H13Cl2NO2.C14H17NO2/c20-18(13-8-9-16-17(10-13)22-11-21-16)19-15-7-3-5-12-4-1-2-6-14(12)15;1-4-6-15(7-5-2)18-17(19)13-10-14-8-11-16(20-3)12-9-14;1-3-22-11-6-4-10(5-7-11)19-16(20)14-12(17)8-9-13(18)15(14)21-2;1-4-7-14(8-5-2)17-16(18)13-9-11-15(12-10-13)19-6-3;1-2-20-12-6-4-11(5-7-12)18-15(19)13-9-10(16)3-8-14(13)17;1-3-11(4-2)15-14(16)13-9-10-7-5-6-8-12(10)17-13/h1-2,4,6,8-10,15H,3,5,7,11H2,(H,19,20);8-13,15H,4-7H2,1-3H3,(H,18,19);4-9H,3H2,1-2H3,(H,19,20);9-12,14H,4-8H2,1-3H3,(H,17,18);3-9H,2H2,1H3,(H,18,19);5-9,11H,3-4H2,1-2H3,(H,15,16)/b;13-10+;;;;. The maximum Gasteiger partial charge on any atom is 0.287 e. The van der Waals surface area contributed by atoms with E-state index in [1.165, 1.54) is 24.3 Å². The van der Waals surface area contributed by atoms with Gasteiger partial charge in [0.1, 0.15) is 34.1 Å². The van der Waals surface area contributed by atoms with Gasteiger partial charge in [0.2, 0.25) is 12.7 Å². The van der Waals surface area contributed by atoms with Crippen molar-refractivity contribution < 1.29 is 66.3 Å². The van der Waals surface area contributed by atoms with E-state index in [0.29, 0.717) is 80.2 Å². The summed E-state index contributed by atoms with van der Waals surface area (Å²) in [7, 11) is 3.07. The Labute approximate surface area is 726 Å². The first-order valence-electron chi connectivity index (χ1n) is 40.9. The third kappa shape index (κ3) is 31.2. The van der Waals surface area contributed by atoms with Crippen LogP contribution < -0.4 is 65.1 Å². The Morgan fingerprint density at radius 2 is 1.00 bits per heavy atom. The second kappa shape index (κ2) is 52.0. The molecule has 0 radical (unpaired) electrons. The summed E-state index contributed by atoms with van der Waals surface area (Å²) in [5, 5.41) is 20.2. The molecular formula is C96H112Cl4N6O14. The van der Waals surface area contributed by atoms with Gasteiger partial charge in [0, 0.05) is 57.1 Å². The number of fused-ring (bicyclic) bond motifs is 3. The van der Waals surface area contributed by atoms with E-state index in [2.05, 4.69) is 91.6 Å². The van der Waals surface area contributed by atoms with E-state index < -0.39 is 5.91 Å². The average Bonchev–Trinajstić information content (AvgIpc) is 1.61. The van der Waals surface area contributed by atoms with Crippen LogP contribution in [0.1, 0.15) is 214 Å². The summed E-state index contributed by atoms with van der Waals surface area (Å²) >= 11 is 24.0. The average molecular weight is 1720 g/mol. The van der Waals surface area contributed by atoms with Gasteiger partial charge in [0.05, 0.1) is 60.7 Å². The van der Waals surface area contributed by atoms with Crippen LogP contribution in [-0.2, 0) is 11.2 Å². The maximum absolute atomic E-state index is 12.5. The molecule has 0 spiro atoms. The molecule has 638 valence electrons. The van der Waals surface area contributed by atoms with Crippen LogP contribution in [0.15, 0.2) is 211 Å². The normalized spacial score (nSPS) is 12.0. The van der Waals surface area contributed by atoms with Gasteiger partial charge in [-0.1, -0.05) is 168 Å². The van der Waals surface area contributed by atoms with E-state index in [-0.39, 0.29) is 76.8 Å². The van der Waals surface area contributed by atoms with Gasteiger partial charge in [-0.2, -0.15) is 0 Å². The lowest BCUT2D eigenvalue weighted by Gasteiger charge is -2.26. The van der Waals surface area contributed by atoms with Gasteiger partial charge in [0.15, 0.2) is 23.0 Å². The maximum atomic E-state index is 12.5. The minimum atomic E-state index is -0.395. The quantitative estimate of drug-likeness (QED) is 0.0221. The van der Waals surface area contributed by atoms with Crippen LogP contribution in [-0.4, -0.2) is 94.4 Å². The molecule has 10 aromatic rings. The number of rotatable bonds is 31. The molecule has 0 fully saturated rings. The van der Waals surface area contributed by atoms with Crippen molar-refractivity contribution in [1.29, 1.82) is 0 Å². The lowest BCUT2D eigenvalue weighted by atomic mass is 9.87. The van der Waals surface area contributed by atoms with Crippen LogP contribution in [0.5, 0.6) is 40.2 Å². The Morgan fingerprint density at radius 3 is 1.57 bits per heavy atom. The highest BCUT2D eigenvalue weighted by Crippen LogP contribution is 2.37. The fourth-order valence-electron chi connectivity index (χ4n) is 12.9. The molecule has 0 saturated carbocycles. The van der Waals surface area contributed by atoms with Gasteiger partial charge in [0.25, 0.3) is 29.5 Å². The number of halogens is 4. The summed E-state index contributed by atoms with van der Waals surface area (Å²) < 4.78 is 42.4. The van der Waals surface area contributed by atoms with E-state index in [1.807, 2.05) is 106 Å². The van der Waals surface area contributed by atoms with Crippen molar-refractivity contribution in [3.63, 3.8) is 0 Å². The SMILES string of the molecule is CCC(CC)NC(=O)c1cc2ccccc2o1.CCCC(CCC)NC(=O)/C=C/c1ccc(OC)cc1.CCCC(CCC)NC(=O)c1ccc(OCC)cc1.CCOc1ccc(NC(=O)c2c(Cl)ccc(Cl)c2OC)cc1.CCOc1ccc(NC(=O)c2cc(Cl)ccc2Cl)cc1.O=C(NC1CCCc2ccccc21)c1ccc2c(c1)OCO2. The first kappa shape index (κ1) is 96.0. The van der Waals surface area contributed by atoms with Crippen molar-refractivity contribution in [2.45, 2.75) is 170 Å². The zero-order valence-electron chi connectivity index (χ0n) is 70.3. The Hall–Kier alpha value is -11.2. The smallest absolute Gasteiger partial charge is 0.287 e. The van der Waals surface area contributed by atoms with Crippen molar-refractivity contribution in [2.75, 3.05) is 51.5 Å². The Bertz CT molecular complexity index is 4840. The summed E-state index contributed by atoms with van der Waals surface area (Å²) in [6.45, 7) is 20.5. The van der Waals surface area contributed by atoms with Crippen LogP contribution in [0.2, 0.25) is 20.1 Å². The number of aryl methyl sites for hydroxylation is 1. The van der Waals surface area contributed by atoms with Gasteiger partial charge < -0.3 is 69.5 Å². The largest absolute Gasteiger partial charge is 0.497 e. The minimum Gasteiger partial charge on any atom is -0.497 e. The number of amides is 6. The first-order chi connectivity index (χ1) is 58.1. The number of carbonyl (C=O) groups is 6.